The van der Waals surface area contributed by atoms with Gasteiger partial charge in [-0.05, 0) is 26.1 Å². The van der Waals surface area contributed by atoms with E-state index in [1.807, 2.05) is 0 Å². The molecule has 0 aromatic rings. The van der Waals surface area contributed by atoms with Crippen molar-refractivity contribution in [1.82, 2.24) is 0 Å². The fourth-order valence-corrected chi connectivity index (χ4v) is 6.35. The summed E-state index contributed by atoms with van der Waals surface area (Å²) in [6.45, 7) is 15.1. The van der Waals surface area contributed by atoms with E-state index in [2.05, 4.69) is 46.2 Å². The number of rotatable bonds is 12. The van der Waals surface area contributed by atoms with E-state index in [-0.39, 0.29) is 11.6 Å². The molecule has 2 unspecified atom stereocenters. The molecule has 0 aromatic carbocycles. The van der Waals surface area contributed by atoms with Crippen molar-refractivity contribution in [2.45, 2.75) is 103 Å². The average Bonchev–Trinajstić information content (AvgIpc) is 2.29. The fraction of sp³-hybridized carbons (Fsp3) is 0.941. The van der Waals surface area contributed by atoms with Gasteiger partial charge < -0.3 is 9.53 Å². The van der Waals surface area contributed by atoms with Gasteiger partial charge in [-0.3, -0.25) is 4.79 Å². The Bertz CT molecular complexity index is 319. The number of carbonyl (C=O) groups is 1. The standard InChI is InChI=1S/C17H38O3Si2/c1-8-9-10-11-12-13-14-15(20-22(5,6)7)16(17(18)19)21(2,3)4/h15-16H,8-14H2,1-7H3,(H,18,19). The van der Waals surface area contributed by atoms with Gasteiger partial charge in [0.15, 0.2) is 8.32 Å². The number of unbranched alkanes of at least 4 members (excludes halogenated alkanes) is 5. The molecular weight excluding hydrogens is 308 g/mol. The molecule has 0 heterocycles. The molecule has 0 bridgehead atoms. The molecule has 0 aliphatic heterocycles. The molecule has 0 amide bonds. The second-order valence-electron chi connectivity index (χ2n) is 8.51. The Morgan fingerprint density at radius 2 is 1.45 bits per heavy atom. The van der Waals surface area contributed by atoms with Crippen molar-refractivity contribution < 1.29 is 14.3 Å². The maximum absolute atomic E-state index is 11.8. The summed E-state index contributed by atoms with van der Waals surface area (Å²) in [5.41, 5.74) is -0.296. The van der Waals surface area contributed by atoms with Crippen LogP contribution in [0.3, 0.4) is 0 Å². The van der Waals surface area contributed by atoms with Gasteiger partial charge in [-0.15, -0.1) is 0 Å². The lowest BCUT2D eigenvalue weighted by molar-refractivity contribution is -0.139. The van der Waals surface area contributed by atoms with Gasteiger partial charge in [-0.25, -0.2) is 0 Å². The lowest BCUT2D eigenvalue weighted by Gasteiger charge is -2.36. The molecule has 0 rings (SSSR count). The van der Waals surface area contributed by atoms with E-state index in [1.165, 1.54) is 32.1 Å². The molecule has 0 fully saturated rings. The molecule has 0 aliphatic rings. The first kappa shape index (κ1) is 21.9. The Hall–Kier alpha value is -0.136. The minimum absolute atomic E-state index is 0.0954. The smallest absolute Gasteiger partial charge is 0.306 e. The monoisotopic (exact) mass is 346 g/mol. The van der Waals surface area contributed by atoms with Crippen molar-refractivity contribution in [2.75, 3.05) is 0 Å². The van der Waals surface area contributed by atoms with Crippen LogP contribution < -0.4 is 0 Å². The molecule has 22 heavy (non-hydrogen) atoms. The van der Waals surface area contributed by atoms with Gasteiger partial charge in [-0.2, -0.15) is 0 Å². The molecule has 0 saturated carbocycles. The van der Waals surface area contributed by atoms with E-state index in [0.29, 0.717) is 0 Å². The van der Waals surface area contributed by atoms with Crippen LogP contribution >= 0.6 is 0 Å². The van der Waals surface area contributed by atoms with Gasteiger partial charge in [0.2, 0.25) is 0 Å². The highest BCUT2D eigenvalue weighted by Crippen LogP contribution is 2.33. The Morgan fingerprint density at radius 3 is 1.86 bits per heavy atom. The lowest BCUT2D eigenvalue weighted by atomic mass is 10.1. The maximum atomic E-state index is 11.8. The topological polar surface area (TPSA) is 46.5 Å². The lowest BCUT2D eigenvalue weighted by Crippen LogP contribution is -2.46. The number of hydrogen-bond acceptors (Lipinski definition) is 2. The van der Waals surface area contributed by atoms with Gasteiger partial charge in [0.1, 0.15) is 0 Å². The fourth-order valence-electron chi connectivity index (χ4n) is 2.96. The molecule has 3 nitrogen and oxygen atoms in total. The van der Waals surface area contributed by atoms with Crippen LogP contribution in [0.1, 0.15) is 51.9 Å². The molecule has 1 N–H and O–H groups in total. The third kappa shape index (κ3) is 9.79. The molecular formula is C17H38O3Si2. The molecule has 0 aromatic heterocycles. The van der Waals surface area contributed by atoms with Crippen molar-refractivity contribution in [1.29, 1.82) is 0 Å². The van der Waals surface area contributed by atoms with Crippen molar-refractivity contribution in [2.24, 2.45) is 0 Å². The van der Waals surface area contributed by atoms with Crippen molar-refractivity contribution in [3.63, 3.8) is 0 Å². The van der Waals surface area contributed by atoms with Crippen LogP contribution in [0.5, 0.6) is 0 Å². The van der Waals surface area contributed by atoms with Gasteiger partial charge >= 0.3 is 5.97 Å². The summed E-state index contributed by atoms with van der Waals surface area (Å²) in [5, 5.41) is 9.72. The highest BCUT2D eigenvalue weighted by Gasteiger charge is 2.41. The van der Waals surface area contributed by atoms with Crippen LogP contribution in [0.4, 0.5) is 0 Å². The van der Waals surface area contributed by atoms with E-state index in [1.54, 1.807) is 0 Å². The van der Waals surface area contributed by atoms with Crippen LogP contribution in [0, 0.1) is 0 Å². The van der Waals surface area contributed by atoms with Gasteiger partial charge in [-0.1, -0.05) is 65.1 Å². The van der Waals surface area contributed by atoms with Gasteiger partial charge in [0.05, 0.1) is 19.7 Å². The molecule has 0 saturated heterocycles. The summed E-state index contributed by atoms with van der Waals surface area (Å²) in [5.74, 6) is -0.659. The number of carboxylic acid groups (broad SMARTS) is 1. The Balaban J connectivity index is 4.71. The van der Waals surface area contributed by atoms with E-state index in [0.717, 1.165) is 12.8 Å². The highest BCUT2D eigenvalue weighted by atomic mass is 28.4. The number of hydrogen-bond donors (Lipinski definition) is 1. The summed E-state index contributed by atoms with van der Waals surface area (Å²) in [6, 6.07) is 0. The van der Waals surface area contributed by atoms with Gasteiger partial charge in [0, 0.05) is 0 Å². The third-order valence-electron chi connectivity index (χ3n) is 3.92. The SMILES string of the molecule is CCCCCCCCC(O[Si](C)(C)C)C(C(=O)O)[Si](C)(C)C. The zero-order valence-electron chi connectivity index (χ0n) is 15.9. The zero-order valence-corrected chi connectivity index (χ0v) is 17.9. The Kier molecular flexibility index (Phi) is 9.82. The first-order valence-corrected chi connectivity index (χ1v) is 15.9. The van der Waals surface area contributed by atoms with Crippen molar-refractivity contribution in [3.05, 3.63) is 0 Å². The van der Waals surface area contributed by atoms with Gasteiger partial charge in [0.25, 0.3) is 0 Å². The summed E-state index contributed by atoms with van der Waals surface area (Å²) < 4.78 is 6.31. The quantitative estimate of drug-likeness (QED) is 0.361. The summed E-state index contributed by atoms with van der Waals surface area (Å²) in [6.07, 6.45) is 8.22. The molecule has 132 valence electrons. The van der Waals surface area contributed by atoms with E-state index in [4.69, 9.17) is 4.43 Å². The van der Waals surface area contributed by atoms with Crippen LogP contribution in [-0.2, 0) is 9.22 Å². The minimum Gasteiger partial charge on any atom is -0.481 e. The van der Waals surface area contributed by atoms with E-state index in [9.17, 15) is 9.90 Å². The second kappa shape index (κ2) is 9.88. The molecule has 0 spiro atoms. The second-order valence-corrected chi connectivity index (χ2v) is 18.3. The Morgan fingerprint density at radius 1 is 0.955 bits per heavy atom. The predicted molar refractivity (Wildman–Crippen MR) is 101 cm³/mol. The minimum atomic E-state index is -1.80. The van der Waals surface area contributed by atoms with E-state index >= 15 is 0 Å². The predicted octanol–water partition coefficient (Wildman–Crippen LogP) is 5.75. The van der Waals surface area contributed by atoms with Crippen LogP contribution in [-0.4, -0.2) is 33.6 Å². The number of aliphatic carboxylic acids is 1. The van der Waals surface area contributed by atoms with Crippen LogP contribution in [0.2, 0.25) is 44.8 Å². The largest absolute Gasteiger partial charge is 0.481 e. The zero-order chi connectivity index (χ0) is 17.4. The van der Waals surface area contributed by atoms with Crippen molar-refractivity contribution >= 4 is 22.4 Å². The molecule has 0 aliphatic carbocycles. The number of carboxylic acids is 1. The van der Waals surface area contributed by atoms with E-state index < -0.39 is 22.4 Å². The third-order valence-corrected chi connectivity index (χ3v) is 7.41. The molecule has 5 heteroatoms. The first-order chi connectivity index (χ1) is 9.99. The summed E-state index contributed by atoms with van der Waals surface area (Å²) in [7, 11) is -3.53. The van der Waals surface area contributed by atoms with Crippen molar-refractivity contribution in [3.8, 4) is 0 Å². The molecule has 0 radical (unpaired) electrons. The molecule has 2 atom stereocenters. The summed E-state index contributed by atoms with van der Waals surface area (Å²) in [4.78, 5) is 11.8. The van der Waals surface area contributed by atoms with Crippen LogP contribution in [0.25, 0.3) is 0 Å². The average molecular weight is 347 g/mol. The Labute approximate surface area is 140 Å². The maximum Gasteiger partial charge on any atom is 0.306 e. The first-order valence-electron chi connectivity index (χ1n) is 8.89. The summed E-state index contributed by atoms with van der Waals surface area (Å²) >= 11 is 0. The highest BCUT2D eigenvalue weighted by molar-refractivity contribution is 6.80. The van der Waals surface area contributed by atoms with Crippen LogP contribution in [0.15, 0.2) is 0 Å². The normalized spacial score (nSPS) is 15.6.